The Labute approximate surface area is 113 Å². The molecule has 0 bridgehead atoms. The molecule has 0 radical (unpaired) electrons. The maximum absolute atomic E-state index is 5.82. The second-order valence-corrected chi connectivity index (χ2v) is 5.46. The number of rotatable bonds is 3. The third-order valence-corrected chi connectivity index (χ3v) is 2.64. The van der Waals surface area contributed by atoms with E-state index in [1.165, 1.54) is 0 Å². The molecule has 2 aromatic rings. The number of nitrogens with one attached hydrogen (secondary N) is 1. The van der Waals surface area contributed by atoms with Crippen LogP contribution in [-0.2, 0) is 12.0 Å². The van der Waals surface area contributed by atoms with Crippen LogP contribution < -0.4 is 11.1 Å². The minimum atomic E-state index is -0.123. The van der Waals surface area contributed by atoms with Crippen molar-refractivity contribution in [2.45, 2.75) is 32.7 Å². The van der Waals surface area contributed by atoms with Crippen LogP contribution in [-0.4, -0.2) is 15.0 Å². The molecule has 0 amide bonds. The first-order valence-corrected chi connectivity index (χ1v) is 6.23. The lowest BCUT2D eigenvalue weighted by atomic mass is 9.96. The zero-order valence-electron chi connectivity index (χ0n) is 11.5. The molecular weight excluding hydrogens is 238 g/mol. The molecule has 0 aliphatic heterocycles. The van der Waals surface area contributed by atoms with E-state index < -0.39 is 0 Å². The third-order valence-electron chi connectivity index (χ3n) is 2.64. The summed E-state index contributed by atoms with van der Waals surface area (Å²) in [5.41, 5.74) is 6.84. The monoisotopic (exact) mass is 257 g/mol. The van der Waals surface area contributed by atoms with E-state index in [2.05, 4.69) is 41.0 Å². The number of nitrogens with zero attached hydrogens (tertiary/aromatic N) is 3. The first-order chi connectivity index (χ1) is 8.95. The lowest BCUT2D eigenvalue weighted by Crippen LogP contribution is -2.18. The highest BCUT2D eigenvalue weighted by Crippen LogP contribution is 2.21. The zero-order chi connectivity index (χ0) is 13.9. The van der Waals surface area contributed by atoms with Gasteiger partial charge < -0.3 is 11.1 Å². The number of hydrogen-bond donors (Lipinski definition) is 2. The van der Waals surface area contributed by atoms with Gasteiger partial charge in [0.2, 0.25) is 0 Å². The van der Waals surface area contributed by atoms with Crippen LogP contribution in [0.5, 0.6) is 0 Å². The summed E-state index contributed by atoms with van der Waals surface area (Å²) in [6, 6.07) is 5.67. The van der Waals surface area contributed by atoms with Crippen LogP contribution in [0.15, 0.2) is 30.6 Å². The van der Waals surface area contributed by atoms with Gasteiger partial charge >= 0.3 is 0 Å². The lowest BCUT2D eigenvalue weighted by Gasteiger charge is -2.18. The highest BCUT2D eigenvalue weighted by molar-refractivity contribution is 5.45. The predicted octanol–water partition coefficient (Wildman–Crippen LogP) is 2.36. The Balaban J connectivity index is 2.15. The van der Waals surface area contributed by atoms with E-state index in [4.69, 9.17) is 5.73 Å². The van der Waals surface area contributed by atoms with Gasteiger partial charge in [0, 0.05) is 30.4 Å². The van der Waals surface area contributed by atoms with E-state index in [9.17, 15) is 0 Å². The van der Waals surface area contributed by atoms with Crippen molar-refractivity contribution >= 4 is 11.6 Å². The van der Waals surface area contributed by atoms with Crippen molar-refractivity contribution < 1.29 is 0 Å². The smallest absolute Gasteiger partial charge is 0.138 e. The Morgan fingerprint density at radius 3 is 2.47 bits per heavy atom. The Morgan fingerprint density at radius 2 is 1.84 bits per heavy atom. The quantitative estimate of drug-likeness (QED) is 0.882. The fraction of sp³-hybridized carbons (Fsp3) is 0.357. The van der Waals surface area contributed by atoms with Crippen LogP contribution in [0, 0.1) is 0 Å². The second kappa shape index (κ2) is 5.22. The summed E-state index contributed by atoms with van der Waals surface area (Å²) in [4.78, 5) is 12.8. The molecule has 0 aliphatic carbocycles. The molecule has 100 valence electrons. The molecule has 2 heterocycles. The molecule has 5 nitrogen and oxygen atoms in total. The number of nitrogens with two attached hydrogens (primary N) is 1. The summed E-state index contributed by atoms with van der Waals surface area (Å²) in [6.07, 6.45) is 3.54. The summed E-state index contributed by atoms with van der Waals surface area (Å²) < 4.78 is 0. The summed E-state index contributed by atoms with van der Waals surface area (Å²) >= 11 is 0. The third kappa shape index (κ3) is 3.64. The average Bonchev–Trinajstić information content (AvgIpc) is 2.36. The molecule has 0 aromatic carbocycles. The Bertz CT molecular complexity index is 546. The van der Waals surface area contributed by atoms with Crippen molar-refractivity contribution in [3.8, 4) is 0 Å². The number of pyridine rings is 1. The number of nitrogen functional groups attached to an aromatic ring is 1. The molecule has 3 N–H and O–H groups in total. The standard InChI is InChI=1S/C14H19N5/c1-14(2,3)13-18-11(15)8-12(19-13)17-9-10-4-6-16-7-5-10/h4-8H,9H2,1-3H3,(H3,15,17,18,19). The van der Waals surface area contributed by atoms with Crippen molar-refractivity contribution in [3.05, 3.63) is 42.0 Å². The molecule has 2 aromatic heterocycles. The molecule has 0 fully saturated rings. The van der Waals surface area contributed by atoms with Crippen LogP contribution in [0.3, 0.4) is 0 Å². The maximum atomic E-state index is 5.82. The van der Waals surface area contributed by atoms with Crippen LogP contribution >= 0.6 is 0 Å². The van der Waals surface area contributed by atoms with Gasteiger partial charge in [-0.15, -0.1) is 0 Å². The van der Waals surface area contributed by atoms with Gasteiger partial charge in [0.15, 0.2) is 0 Å². The predicted molar refractivity (Wildman–Crippen MR) is 76.7 cm³/mol. The second-order valence-electron chi connectivity index (χ2n) is 5.46. The van der Waals surface area contributed by atoms with Gasteiger partial charge in [-0.1, -0.05) is 20.8 Å². The molecule has 0 spiro atoms. The van der Waals surface area contributed by atoms with Crippen LogP contribution in [0.1, 0.15) is 32.2 Å². The van der Waals surface area contributed by atoms with E-state index in [0.29, 0.717) is 12.4 Å². The number of hydrogen-bond acceptors (Lipinski definition) is 5. The number of anilines is 2. The molecule has 2 rings (SSSR count). The van der Waals surface area contributed by atoms with Crippen molar-refractivity contribution in [1.29, 1.82) is 0 Å². The minimum Gasteiger partial charge on any atom is -0.384 e. The fourth-order valence-corrected chi connectivity index (χ4v) is 1.59. The van der Waals surface area contributed by atoms with Gasteiger partial charge in [0.1, 0.15) is 17.5 Å². The van der Waals surface area contributed by atoms with Crippen molar-refractivity contribution in [3.63, 3.8) is 0 Å². The summed E-state index contributed by atoms with van der Waals surface area (Å²) in [5, 5.41) is 3.26. The topological polar surface area (TPSA) is 76.7 Å². The highest BCUT2D eigenvalue weighted by atomic mass is 15.1. The molecule has 5 heteroatoms. The normalized spacial score (nSPS) is 11.3. The van der Waals surface area contributed by atoms with Gasteiger partial charge in [-0.25, -0.2) is 9.97 Å². The van der Waals surface area contributed by atoms with Gasteiger partial charge in [0.25, 0.3) is 0 Å². The van der Waals surface area contributed by atoms with Crippen molar-refractivity contribution in [2.24, 2.45) is 0 Å². The Kier molecular flexibility index (Phi) is 3.64. The largest absolute Gasteiger partial charge is 0.384 e. The average molecular weight is 257 g/mol. The highest BCUT2D eigenvalue weighted by Gasteiger charge is 2.18. The molecule has 0 atom stereocenters. The Hall–Kier alpha value is -2.17. The molecule has 0 unspecified atom stereocenters. The molecular formula is C14H19N5. The van der Waals surface area contributed by atoms with Crippen LogP contribution in [0.25, 0.3) is 0 Å². The van der Waals surface area contributed by atoms with E-state index in [1.54, 1.807) is 18.5 Å². The molecule has 0 aliphatic rings. The molecule has 19 heavy (non-hydrogen) atoms. The van der Waals surface area contributed by atoms with Gasteiger partial charge in [-0.05, 0) is 17.7 Å². The number of aromatic nitrogens is 3. The maximum Gasteiger partial charge on any atom is 0.138 e. The molecule has 0 saturated heterocycles. The Morgan fingerprint density at radius 1 is 1.16 bits per heavy atom. The van der Waals surface area contributed by atoms with E-state index in [1.807, 2.05) is 12.1 Å². The van der Waals surface area contributed by atoms with Crippen molar-refractivity contribution in [1.82, 2.24) is 15.0 Å². The van der Waals surface area contributed by atoms with Gasteiger partial charge in [-0.3, -0.25) is 4.98 Å². The summed E-state index contributed by atoms with van der Waals surface area (Å²) in [7, 11) is 0. The van der Waals surface area contributed by atoms with Crippen molar-refractivity contribution in [2.75, 3.05) is 11.1 Å². The summed E-state index contributed by atoms with van der Waals surface area (Å²) in [6.45, 7) is 6.87. The van der Waals surface area contributed by atoms with E-state index in [-0.39, 0.29) is 5.41 Å². The van der Waals surface area contributed by atoms with Crippen LogP contribution in [0.4, 0.5) is 11.6 Å². The zero-order valence-corrected chi connectivity index (χ0v) is 11.5. The van der Waals surface area contributed by atoms with E-state index >= 15 is 0 Å². The first kappa shape index (κ1) is 13.3. The van der Waals surface area contributed by atoms with Crippen LogP contribution in [0.2, 0.25) is 0 Å². The lowest BCUT2D eigenvalue weighted by molar-refractivity contribution is 0.547. The SMILES string of the molecule is CC(C)(C)c1nc(N)cc(NCc2ccncc2)n1. The summed E-state index contributed by atoms with van der Waals surface area (Å²) in [5.74, 6) is 1.97. The first-order valence-electron chi connectivity index (χ1n) is 6.23. The van der Waals surface area contributed by atoms with Gasteiger partial charge in [-0.2, -0.15) is 0 Å². The van der Waals surface area contributed by atoms with Gasteiger partial charge in [0.05, 0.1) is 0 Å². The molecule has 0 saturated carbocycles. The fourth-order valence-electron chi connectivity index (χ4n) is 1.59. The minimum absolute atomic E-state index is 0.123. The van der Waals surface area contributed by atoms with E-state index in [0.717, 1.165) is 17.2 Å².